The first kappa shape index (κ1) is 22.0. The molecule has 0 spiro atoms. The summed E-state index contributed by atoms with van der Waals surface area (Å²) in [5.74, 6) is 0. The van der Waals surface area contributed by atoms with E-state index < -0.39 is 0 Å². The molecule has 1 N–H and O–H groups in total. The number of aliphatic hydroxyl groups is 1. The highest BCUT2D eigenvalue weighted by atomic mass is 35.5. The fourth-order valence-corrected chi connectivity index (χ4v) is 5.86. The Morgan fingerprint density at radius 2 is 1.94 bits per heavy atom. The molecular formula is C26H29Cl2N3O. The van der Waals surface area contributed by atoms with Crippen LogP contribution in [0.4, 0.5) is 0 Å². The second-order valence-corrected chi connectivity index (χ2v) is 9.93. The van der Waals surface area contributed by atoms with E-state index in [9.17, 15) is 5.11 Å². The van der Waals surface area contributed by atoms with Crippen molar-refractivity contribution < 1.29 is 5.11 Å². The van der Waals surface area contributed by atoms with Gasteiger partial charge in [-0.2, -0.15) is 0 Å². The fourth-order valence-electron chi connectivity index (χ4n) is 5.29. The third-order valence-electron chi connectivity index (χ3n) is 7.18. The van der Waals surface area contributed by atoms with Crippen LogP contribution >= 0.6 is 23.2 Å². The smallest absolute Gasteiger partial charge is 0.0964 e. The third-order valence-corrected chi connectivity index (χ3v) is 7.74. The lowest BCUT2D eigenvalue weighted by Gasteiger charge is -2.39. The Balaban J connectivity index is 1.40. The maximum atomic E-state index is 10.4. The standard InChI is InChI=1S/C26H29Cl2N3O/c1-17(21-8-7-20(27)15-22(21)28)31-16-29-23-9-6-19(14-25(23)31)18-10-12-30(13-11-18)24-4-2-3-5-26(24)32/h6-10,14-17,24,26,32H,2-5,11-13H2,1H3/t17-,24?,26?/m1/s1. The van der Waals surface area contributed by atoms with Crippen molar-refractivity contribution >= 4 is 39.8 Å². The largest absolute Gasteiger partial charge is 0.391 e. The van der Waals surface area contributed by atoms with E-state index in [0.29, 0.717) is 16.1 Å². The predicted molar refractivity (Wildman–Crippen MR) is 132 cm³/mol. The van der Waals surface area contributed by atoms with E-state index in [0.717, 1.165) is 55.4 Å². The van der Waals surface area contributed by atoms with Crippen LogP contribution in [0.2, 0.25) is 10.0 Å². The number of nitrogens with zero attached hydrogens (tertiary/aromatic N) is 3. The molecule has 0 saturated heterocycles. The average molecular weight is 470 g/mol. The first-order valence-electron chi connectivity index (χ1n) is 11.5. The summed E-state index contributed by atoms with van der Waals surface area (Å²) in [4.78, 5) is 7.08. The molecule has 4 nitrogen and oxygen atoms in total. The first-order chi connectivity index (χ1) is 15.5. The summed E-state index contributed by atoms with van der Waals surface area (Å²) in [7, 11) is 0. The van der Waals surface area contributed by atoms with Crippen molar-refractivity contribution in [2.24, 2.45) is 0 Å². The number of aromatic nitrogens is 2. The van der Waals surface area contributed by atoms with Gasteiger partial charge in [0.05, 0.1) is 29.5 Å². The molecule has 0 bridgehead atoms. The Hall–Kier alpha value is -1.85. The van der Waals surface area contributed by atoms with Crippen molar-refractivity contribution in [3.05, 3.63) is 70.0 Å². The van der Waals surface area contributed by atoms with Gasteiger partial charge in [0.15, 0.2) is 0 Å². The Morgan fingerprint density at radius 3 is 2.69 bits per heavy atom. The number of hydrogen-bond acceptors (Lipinski definition) is 3. The van der Waals surface area contributed by atoms with E-state index in [1.54, 1.807) is 6.07 Å². The van der Waals surface area contributed by atoms with E-state index in [4.69, 9.17) is 23.2 Å². The second-order valence-electron chi connectivity index (χ2n) is 9.09. The maximum absolute atomic E-state index is 10.4. The summed E-state index contributed by atoms with van der Waals surface area (Å²) in [6.45, 7) is 4.04. The molecule has 0 amide bonds. The molecule has 5 rings (SSSR count). The van der Waals surface area contributed by atoms with E-state index in [1.807, 2.05) is 18.5 Å². The van der Waals surface area contributed by atoms with Gasteiger partial charge in [0.2, 0.25) is 0 Å². The minimum atomic E-state index is -0.175. The molecule has 1 aromatic heterocycles. The lowest BCUT2D eigenvalue weighted by Crippen LogP contribution is -2.47. The molecule has 1 fully saturated rings. The van der Waals surface area contributed by atoms with E-state index in [1.165, 1.54) is 17.6 Å². The van der Waals surface area contributed by atoms with Crippen LogP contribution in [0.15, 0.2) is 48.8 Å². The van der Waals surface area contributed by atoms with Crippen LogP contribution in [0, 0.1) is 0 Å². The van der Waals surface area contributed by atoms with Crippen LogP contribution in [0.5, 0.6) is 0 Å². The Morgan fingerprint density at radius 1 is 1.09 bits per heavy atom. The van der Waals surface area contributed by atoms with Gasteiger partial charge in [-0.05, 0) is 67.2 Å². The van der Waals surface area contributed by atoms with Gasteiger partial charge < -0.3 is 9.67 Å². The Bertz CT molecular complexity index is 1160. The maximum Gasteiger partial charge on any atom is 0.0964 e. The molecule has 1 saturated carbocycles. The number of rotatable bonds is 4. The van der Waals surface area contributed by atoms with Crippen LogP contribution in [0.3, 0.4) is 0 Å². The summed E-state index contributed by atoms with van der Waals surface area (Å²) in [5, 5.41) is 11.7. The molecule has 168 valence electrons. The third kappa shape index (κ3) is 4.22. The number of aliphatic hydroxyl groups excluding tert-OH is 1. The fraction of sp³-hybridized carbons (Fsp3) is 0.423. The molecule has 1 aliphatic heterocycles. The van der Waals surface area contributed by atoms with Crippen molar-refractivity contribution in [2.75, 3.05) is 13.1 Å². The highest BCUT2D eigenvalue weighted by molar-refractivity contribution is 6.35. The lowest BCUT2D eigenvalue weighted by molar-refractivity contribution is 0.0248. The van der Waals surface area contributed by atoms with Crippen molar-refractivity contribution in [2.45, 2.75) is 57.2 Å². The molecule has 2 aliphatic rings. The zero-order valence-electron chi connectivity index (χ0n) is 18.3. The average Bonchev–Trinajstić information content (AvgIpc) is 3.22. The minimum Gasteiger partial charge on any atom is -0.391 e. The van der Waals surface area contributed by atoms with Crippen molar-refractivity contribution in [3.63, 3.8) is 0 Å². The molecular weight excluding hydrogens is 441 g/mol. The molecule has 1 aliphatic carbocycles. The molecule has 32 heavy (non-hydrogen) atoms. The second kappa shape index (κ2) is 9.18. The SMILES string of the molecule is C[C@H](c1ccc(Cl)cc1Cl)n1cnc2ccc(C3=CCN(C4CCCCC4O)CC3)cc21. The quantitative estimate of drug-likeness (QED) is 0.484. The molecule has 2 unspecified atom stereocenters. The van der Waals surface area contributed by atoms with E-state index in [-0.39, 0.29) is 12.1 Å². The van der Waals surface area contributed by atoms with Crippen molar-refractivity contribution in [1.82, 2.24) is 14.5 Å². The van der Waals surface area contributed by atoms with Gasteiger partial charge in [0.25, 0.3) is 0 Å². The highest BCUT2D eigenvalue weighted by Crippen LogP contribution is 2.33. The monoisotopic (exact) mass is 469 g/mol. The number of hydrogen-bond donors (Lipinski definition) is 1. The van der Waals surface area contributed by atoms with Crippen LogP contribution in [-0.4, -0.2) is 44.8 Å². The highest BCUT2D eigenvalue weighted by Gasteiger charge is 2.29. The number of benzene rings is 2. The topological polar surface area (TPSA) is 41.3 Å². The summed E-state index contributed by atoms with van der Waals surface area (Å²) >= 11 is 12.6. The number of imidazole rings is 1. The number of fused-ring (bicyclic) bond motifs is 1. The summed E-state index contributed by atoms with van der Waals surface area (Å²) < 4.78 is 2.18. The van der Waals surface area contributed by atoms with Crippen LogP contribution in [-0.2, 0) is 0 Å². The van der Waals surface area contributed by atoms with Gasteiger partial charge in [-0.1, -0.05) is 54.3 Å². The minimum absolute atomic E-state index is 0.0450. The molecule has 0 radical (unpaired) electrons. The molecule has 6 heteroatoms. The van der Waals surface area contributed by atoms with Crippen molar-refractivity contribution in [3.8, 4) is 0 Å². The molecule has 3 atom stereocenters. The van der Waals surface area contributed by atoms with Gasteiger partial charge >= 0.3 is 0 Å². The zero-order chi connectivity index (χ0) is 22.2. The van der Waals surface area contributed by atoms with Crippen LogP contribution in [0.1, 0.15) is 56.2 Å². The summed E-state index contributed by atoms with van der Waals surface area (Å²) in [6, 6.07) is 12.6. The summed E-state index contributed by atoms with van der Waals surface area (Å²) in [5.41, 5.74) is 5.73. The summed E-state index contributed by atoms with van der Waals surface area (Å²) in [6.07, 6.45) is 9.49. The van der Waals surface area contributed by atoms with E-state index >= 15 is 0 Å². The zero-order valence-corrected chi connectivity index (χ0v) is 19.9. The van der Waals surface area contributed by atoms with Gasteiger partial charge in [-0.25, -0.2) is 4.98 Å². The Kier molecular flexibility index (Phi) is 6.31. The molecule has 2 aromatic carbocycles. The number of halogens is 2. The first-order valence-corrected chi connectivity index (χ1v) is 12.3. The van der Waals surface area contributed by atoms with E-state index in [2.05, 4.69) is 45.6 Å². The normalized spacial score (nSPS) is 23.3. The van der Waals surface area contributed by atoms with Gasteiger partial charge in [-0.3, -0.25) is 4.90 Å². The van der Waals surface area contributed by atoms with Crippen LogP contribution in [0.25, 0.3) is 16.6 Å². The molecule has 3 aromatic rings. The Labute approximate surface area is 199 Å². The predicted octanol–water partition coefficient (Wildman–Crippen LogP) is 6.35. The van der Waals surface area contributed by atoms with Gasteiger partial charge in [0, 0.05) is 29.2 Å². The molecule has 2 heterocycles. The van der Waals surface area contributed by atoms with Gasteiger partial charge in [-0.15, -0.1) is 0 Å². The van der Waals surface area contributed by atoms with Crippen molar-refractivity contribution in [1.29, 1.82) is 0 Å². The lowest BCUT2D eigenvalue weighted by atomic mass is 9.89. The van der Waals surface area contributed by atoms with Crippen LogP contribution < -0.4 is 0 Å². The van der Waals surface area contributed by atoms with Gasteiger partial charge in [0.1, 0.15) is 0 Å².